The molecule has 0 spiro atoms. The average molecular weight is 299 g/mol. The summed E-state index contributed by atoms with van der Waals surface area (Å²) in [6.07, 6.45) is 0.733. The fourth-order valence-corrected chi connectivity index (χ4v) is 2.37. The Hall–Kier alpha value is -2.49. The lowest BCUT2D eigenvalue weighted by Crippen LogP contribution is -2.20. The van der Waals surface area contributed by atoms with E-state index in [0.29, 0.717) is 17.2 Å². The van der Waals surface area contributed by atoms with E-state index in [1.165, 1.54) is 0 Å². The van der Waals surface area contributed by atoms with Crippen LogP contribution >= 0.6 is 0 Å². The van der Waals surface area contributed by atoms with Crippen LogP contribution in [0.2, 0.25) is 0 Å². The van der Waals surface area contributed by atoms with Gasteiger partial charge in [0.15, 0.2) is 0 Å². The van der Waals surface area contributed by atoms with E-state index in [0.717, 1.165) is 12.0 Å². The maximum Gasteiger partial charge on any atom is 0.231 e. The summed E-state index contributed by atoms with van der Waals surface area (Å²) >= 11 is 0. The van der Waals surface area contributed by atoms with Gasteiger partial charge in [-0.25, -0.2) is 0 Å². The number of carbonyl (C=O) groups is 1. The first kappa shape index (κ1) is 15.9. The molecular weight excluding hydrogens is 278 g/mol. The summed E-state index contributed by atoms with van der Waals surface area (Å²) in [6, 6.07) is 15.1. The maximum absolute atomic E-state index is 12.6. The van der Waals surface area contributed by atoms with Crippen molar-refractivity contribution in [3.63, 3.8) is 0 Å². The number of anilines is 1. The van der Waals surface area contributed by atoms with Crippen molar-refractivity contribution in [1.82, 2.24) is 0 Å². The molecule has 0 heterocycles. The van der Waals surface area contributed by atoms with E-state index in [9.17, 15) is 4.79 Å². The smallest absolute Gasteiger partial charge is 0.231 e. The Balaban J connectivity index is 2.20. The number of rotatable bonds is 6. The number of carbonyl (C=O) groups excluding carboxylic acids is 1. The third-order valence-electron chi connectivity index (χ3n) is 3.55. The highest BCUT2D eigenvalue weighted by molar-refractivity contribution is 5.96. The molecule has 116 valence electrons. The summed E-state index contributed by atoms with van der Waals surface area (Å²) in [5, 5.41) is 2.94. The lowest BCUT2D eigenvalue weighted by molar-refractivity contribution is -0.117. The van der Waals surface area contributed by atoms with Gasteiger partial charge in [0.25, 0.3) is 0 Å². The number of hydrogen-bond donors (Lipinski definition) is 1. The minimum atomic E-state index is -0.182. The highest BCUT2D eigenvalue weighted by Gasteiger charge is 2.19. The zero-order valence-corrected chi connectivity index (χ0v) is 13.1. The van der Waals surface area contributed by atoms with Crippen molar-refractivity contribution in [3.8, 4) is 11.5 Å². The van der Waals surface area contributed by atoms with Crippen molar-refractivity contribution in [1.29, 1.82) is 0 Å². The number of hydrogen-bond acceptors (Lipinski definition) is 3. The van der Waals surface area contributed by atoms with E-state index in [1.54, 1.807) is 32.4 Å². The number of benzene rings is 2. The quantitative estimate of drug-likeness (QED) is 0.881. The number of ether oxygens (including phenoxy) is 2. The molecule has 0 bridgehead atoms. The summed E-state index contributed by atoms with van der Waals surface area (Å²) in [4.78, 5) is 12.6. The Morgan fingerprint density at radius 1 is 1.05 bits per heavy atom. The van der Waals surface area contributed by atoms with Gasteiger partial charge in [-0.3, -0.25) is 4.79 Å². The van der Waals surface area contributed by atoms with E-state index < -0.39 is 0 Å². The number of nitrogens with one attached hydrogen (secondary N) is 1. The molecule has 0 aromatic heterocycles. The van der Waals surface area contributed by atoms with Gasteiger partial charge >= 0.3 is 0 Å². The molecule has 2 rings (SSSR count). The van der Waals surface area contributed by atoms with Gasteiger partial charge in [0.2, 0.25) is 5.91 Å². The lowest BCUT2D eigenvalue weighted by atomic mass is 9.95. The Bertz CT molecular complexity index is 603. The van der Waals surface area contributed by atoms with Gasteiger partial charge in [-0.05, 0) is 12.0 Å². The molecule has 0 aliphatic rings. The van der Waals surface area contributed by atoms with Crippen molar-refractivity contribution >= 4 is 11.6 Å². The van der Waals surface area contributed by atoms with Gasteiger partial charge in [0.05, 0.1) is 20.1 Å². The third kappa shape index (κ3) is 3.79. The molecule has 0 fully saturated rings. The maximum atomic E-state index is 12.6. The average Bonchev–Trinajstić information content (AvgIpc) is 2.56. The molecule has 0 saturated heterocycles. The topological polar surface area (TPSA) is 47.6 Å². The largest absolute Gasteiger partial charge is 0.497 e. The minimum absolute atomic E-state index is 0.0380. The summed E-state index contributed by atoms with van der Waals surface area (Å²) in [7, 11) is 3.17. The molecule has 2 aromatic carbocycles. The second-order valence-electron chi connectivity index (χ2n) is 4.96. The van der Waals surface area contributed by atoms with Gasteiger partial charge in [-0.2, -0.15) is 0 Å². The third-order valence-corrected chi connectivity index (χ3v) is 3.55. The van der Waals surface area contributed by atoms with Gasteiger partial charge < -0.3 is 14.8 Å². The summed E-state index contributed by atoms with van der Waals surface area (Å²) in [5.41, 5.74) is 1.67. The normalized spacial score (nSPS) is 11.6. The SMILES string of the molecule is CCC(C(=O)Nc1cc(OC)cc(OC)c1)c1ccccc1. The van der Waals surface area contributed by atoms with Crippen LogP contribution in [-0.2, 0) is 4.79 Å². The van der Waals surface area contributed by atoms with Crippen molar-refractivity contribution < 1.29 is 14.3 Å². The van der Waals surface area contributed by atoms with Crippen LogP contribution < -0.4 is 14.8 Å². The second kappa shape index (κ2) is 7.50. The van der Waals surface area contributed by atoms with Crippen LogP contribution in [0.5, 0.6) is 11.5 Å². The molecule has 0 aliphatic heterocycles. The Morgan fingerprint density at radius 2 is 1.64 bits per heavy atom. The molecule has 1 N–H and O–H groups in total. The van der Waals surface area contributed by atoms with Crippen LogP contribution in [0, 0.1) is 0 Å². The van der Waals surface area contributed by atoms with E-state index in [2.05, 4.69) is 5.32 Å². The molecule has 1 unspecified atom stereocenters. The van der Waals surface area contributed by atoms with E-state index >= 15 is 0 Å². The standard InChI is InChI=1S/C18H21NO3/c1-4-17(13-8-6-5-7-9-13)18(20)19-14-10-15(21-2)12-16(11-14)22-3/h5-12,17H,4H2,1-3H3,(H,19,20). The molecule has 2 aromatic rings. The lowest BCUT2D eigenvalue weighted by Gasteiger charge is -2.16. The van der Waals surface area contributed by atoms with Gasteiger partial charge in [-0.15, -0.1) is 0 Å². The Kier molecular flexibility index (Phi) is 5.42. The summed E-state index contributed by atoms with van der Waals surface area (Å²) in [6.45, 7) is 2.00. The summed E-state index contributed by atoms with van der Waals surface area (Å²) < 4.78 is 10.4. The van der Waals surface area contributed by atoms with Crippen molar-refractivity contribution in [3.05, 3.63) is 54.1 Å². The molecule has 0 radical (unpaired) electrons. The monoisotopic (exact) mass is 299 g/mol. The van der Waals surface area contributed by atoms with Gasteiger partial charge in [0.1, 0.15) is 11.5 Å². The molecule has 4 nitrogen and oxygen atoms in total. The molecule has 22 heavy (non-hydrogen) atoms. The zero-order chi connectivity index (χ0) is 15.9. The zero-order valence-electron chi connectivity index (χ0n) is 13.1. The first-order chi connectivity index (χ1) is 10.7. The van der Waals surface area contributed by atoms with Crippen LogP contribution in [0.15, 0.2) is 48.5 Å². The molecule has 0 saturated carbocycles. The molecule has 1 atom stereocenters. The predicted octanol–water partition coefficient (Wildman–Crippen LogP) is 3.84. The molecule has 4 heteroatoms. The van der Waals surface area contributed by atoms with Crippen LogP contribution in [0.25, 0.3) is 0 Å². The second-order valence-corrected chi connectivity index (χ2v) is 4.96. The van der Waals surface area contributed by atoms with Crippen molar-refractivity contribution in [2.75, 3.05) is 19.5 Å². The first-order valence-electron chi connectivity index (χ1n) is 7.26. The van der Waals surface area contributed by atoms with Gasteiger partial charge in [0, 0.05) is 23.9 Å². The van der Waals surface area contributed by atoms with E-state index in [1.807, 2.05) is 37.3 Å². The number of amides is 1. The van der Waals surface area contributed by atoms with Crippen LogP contribution in [0.3, 0.4) is 0 Å². The molecular formula is C18H21NO3. The van der Waals surface area contributed by atoms with Crippen LogP contribution in [0.1, 0.15) is 24.8 Å². The fraction of sp³-hybridized carbons (Fsp3) is 0.278. The summed E-state index contributed by atoms with van der Waals surface area (Å²) in [5.74, 6) is 1.06. The van der Waals surface area contributed by atoms with E-state index in [-0.39, 0.29) is 11.8 Å². The molecule has 0 aliphatic carbocycles. The Morgan fingerprint density at radius 3 is 2.14 bits per heavy atom. The van der Waals surface area contributed by atoms with Crippen LogP contribution in [-0.4, -0.2) is 20.1 Å². The first-order valence-corrected chi connectivity index (χ1v) is 7.26. The van der Waals surface area contributed by atoms with Crippen LogP contribution in [0.4, 0.5) is 5.69 Å². The Labute approximate surface area is 131 Å². The highest BCUT2D eigenvalue weighted by atomic mass is 16.5. The van der Waals surface area contributed by atoms with Gasteiger partial charge in [-0.1, -0.05) is 37.3 Å². The van der Waals surface area contributed by atoms with E-state index in [4.69, 9.17) is 9.47 Å². The fourth-order valence-electron chi connectivity index (χ4n) is 2.37. The molecule has 1 amide bonds. The minimum Gasteiger partial charge on any atom is -0.497 e. The number of methoxy groups -OCH3 is 2. The highest BCUT2D eigenvalue weighted by Crippen LogP contribution is 2.27. The van der Waals surface area contributed by atoms with Crippen molar-refractivity contribution in [2.45, 2.75) is 19.3 Å². The van der Waals surface area contributed by atoms with Crippen molar-refractivity contribution in [2.24, 2.45) is 0 Å². The predicted molar refractivity (Wildman–Crippen MR) is 87.6 cm³/mol.